The standard InChI is InChI=1S/C10H11BrClNS/c11-8-6-7(2-3-9(8)12)10-13-4-1-5-14-10/h2-3,6,10,13H,1,4-5H2. The number of thioether (sulfide) groups is 1. The summed E-state index contributed by atoms with van der Waals surface area (Å²) in [7, 11) is 0. The molecule has 1 saturated heterocycles. The molecule has 0 spiro atoms. The van der Waals surface area contributed by atoms with Crippen LogP contribution in [0.15, 0.2) is 22.7 Å². The maximum absolute atomic E-state index is 5.95. The van der Waals surface area contributed by atoms with Crippen molar-refractivity contribution < 1.29 is 0 Å². The van der Waals surface area contributed by atoms with Crippen LogP contribution in [0.25, 0.3) is 0 Å². The first-order chi connectivity index (χ1) is 6.77. The van der Waals surface area contributed by atoms with E-state index in [-0.39, 0.29) is 0 Å². The van der Waals surface area contributed by atoms with Gasteiger partial charge in [0, 0.05) is 4.47 Å². The van der Waals surface area contributed by atoms with Crippen molar-refractivity contribution in [1.29, 1.82) is 0 Å². The minimum absolute atomic E-state index is 0.428. The summed E-state index contributed by atoms with van der Waals surface area (Å²) >= 11 is 11.3. The molecule has 1 fully saturated rings. The summed E-state index contributed by atoms with van der Waals surface area (Å²) in [5.74, 6) is 1.23. The van der Waals surface area contributed by atoms with Crippen molar-refractivity contribution in [2.24, 2.45) is 0 Å². The predicted octanol–water partition coefficient (Wildman–Crippen LogP) is 3.83. The smallest absolute Gasteiger partial charge is 0.0789 e. The Morgan fingerprint density at radius 3 is 3.00 bits per heavy atom. The van der Waals surface area contributed by atoms with E-state index in [4.69, 9.17) is 11.6 Å². The fourth-order valence-electron chi connectivity index (χ4n) is 1.45. The average Bonchev–Trinajstić information content (AvgIpc) is 2.23. The van der Waals surface area contributed by atoms with E-state index in [0.29, 0.717) is 5.37 Å². The SMILES string of the molecule is Clc1ccc(C2NCCCS2)cc1Br. The van der Waals surface area contributed by atoms with Crippen LogP contribution in [0.4, 0.5) is 0 Å². The van der Waals surface area contributed by atoms with Crippen LogP contribution in [0.5, 0.6) is 0 Å². The molecule has 1 aromatic carbocycles. The molecule has 2 rings (SSSR count). The Morgan fingerprint density at radius 2 is 2.36 bits per heavy atom. The highest BCUT2D eigenvalue weighted by molar-refractivity contribution is 9.10. The summed E-state index contributed by atoms with van der Waals surface area (Å²) in [6.07, 6.45) is 1.26. The number of rotatable bonds is 1. The van der Waals surface area contributed by atoms with Gasteiger partial charge in [-0.25, -0.2) is 0 Å². The Balaban J connectivity index is 2.18. The molecular weight excluding hydrogens is 282 g/mol. The molecule has 1 N–H and O–H groups in total. The third-order valence-electron chi connectivity index (χ3n) is 2.18. The molecule has 0 aromatic heterocycles. The molecule has 1 unspecified atom stereocenters. The fourth-order valence-corrected chi connectivity index (χ4v) is 3.09. The first-order valence-corrected chi connectivity index (χ1v) is 6.79. The Morgan fingerprint density at radius 1 is 1.50 bits per heavy atom. The van der Waals surface area contributed by atoms with Crippen LogP contribution in [0.3, 0.4) is 0 Å². The second-order valence-corrected chi connectivity index (χ2v) is 5.71. The highest BCUT2D eigenvalue weighted by Crippen LogP contribution is 2.33. The van der Waals surface area contributed by atoms with E-state index in [1.807, 2.05) is 17.8 Å². The van der Waals surface area contributed by atoms with Gasteiger partial charge in [0.15, 0.2) is 0 Å². The molecule has 1 atom stereocenters. The second-order valence-electron chi connectivity index (χ2n) is 3.23. The third kappa shape index (κ3) is 2.45. The Kier molecular flexibility index (Phi) is 3.77. The Bertz CT molecular complexity index is 326. The van der Waals surface area contributed by atoms with Gasteiger partial charge in [-0.05, 0) is 52.3 Å². The van der Waals surface area contributed by atoms with Crippen LogP contribution in [0.1, 0.15) is 17.4 Å². The number of hydrogen-bond acceptors (Lipinski definition) is 2. The number of halogens is 2. The van der Waals surface area contributed by atoms with Gasteiger partial charge < -0.3 is 5.32 Å². The zero-order valence-corrected chi connectivity index (χ0v) is 10.8. The largest absolute Gasteiger partial charge is 0.302 e. The van der Waals surface area contributed by atoms with Gasteiger partial charge in [0.05, 0.1) is 10.4 Å². The van der Waals surface area contributed by atoms with Crippen molar-refractivity contribution >= 4 is 39.3 Å². The summed E-state index contributed by atoms with van der Waals surface area (Å²) < 4.78 is 0.977. The lowest BCUT2D eigenvalue weighted by molar-refractivity contribution is 0.643. The molecule has 1 heterocycles. The molecule has 1 aromatic rings. The van der Waals surface area contributed by atoms with Crippen LogP contribution >= 0.6 is 39.3 Å². The van der Waals surface area contributed by atoms with E-state index < -0.39 is 0 Å². The zero-order valence-electron chi connectivity index (χ0n) is 7.59. The average molecular weight is 293 g/mol. The molecule has 0 amide bonds. The highest BCUT2D eigenvalue weighted by Gasteiger charge is 2.15. The van der Waals surface area contributed by atoms with Crippen LogP contribution in [-0.2, 0) is 0 Å². The van der Waals surface area contributed by atoms with E-state index in [2.05, 4.69) is 33.4 Å². The maximum atomic E-state index is 5.95. The molecule has 1 nitrogen and oxygen atoms in total. The van der Waals surface area contributed by atoms with Gasteiger partial charge >= 0.3 is 0 Å². The monoisotopic (exact) mass is 291 g/mol. The number of hydrogen-bond donors (Lipinski definition) is 1. The van der Waals surface area contributed by atoms with E-state index in [0.717, 1.165) is 16.0 Å². The van der Waals surface area contributed by atoms with Gasteiger partial charge in [-0.15, -0.1) is 11.8 Å². The van der Waals surface area contributed by atoms with Crippen molar-refractivity contribution in [1.82, 2.24) is 5.32 Å². The molecule has 0 saturated carbocycles. The quantitative estimate of drug-likeness (QED) is 0.844. The topological polar surface area (TPSA) is 12.0 Å². The predicted molar refractivity (Wildman–Crippen MR) is 67.0 cm³/mol. The Labute approximate surface area is 102 Å². The Hall–Kier alpha value is 0.300. The fraction of sp³-hybridized carbons (Fsp3) is 0.400. The van der Waals surface area contributed by atoms with Gasteiger partial charge in [-0.3, -0.25) is 0 Å². The summed E-state index contributed by atoms with van der Waals surface area (Å²) in [4.78, 5) is 0. The molecule has 0 aliphatic carbocycles. The molecule has 0 bridgehead atoms. The molecule has 4 heteroatoms. The molecular formula is C10H11BrClNS. The summed E-state index contributed by atoms with van der Waals surface area (Å²) in [6.45, 7) is 1.11. The lowest BCUT2D eigenvalue weighted by Crippen LogP contribution is -2.25. The molecule has 0 radical (unpaired) electrons. The van der Waals surface area contributed by atoms with E-state index in [9.17, 15) is 0 Å². The summed E-state index contributed by atoms with van der Waals surface area (Å²) in [6, 6.07) is 6.12. The van der Waals surface area contributed by atoms with Crippen molar-refractivity contribution in [2.75, 3.05) is 12.3 Å². The van der Waals surface area contributed by atoms with Crippen LogP contribution in [0.2, 0.25) is 5.02 Å². The van der Waals surface area contributed by atoms with Crippen LogP contribution in [0, 0.1) is 0 Å². The lowest BCUT2D eigenvalue weighted by atomic mass is 10.2. The van der Waals surface area contributed by atoms with Gasteiger partial charge in [0.1, 0.15) is 0 Å². The third-order valence-corrected chi connectivity index (χ3v) is 4.69. The highest BCUT2D eigenvalue weighted by atomic mass is 79.9. The first-order valence-electron chi connectivity index (χ1n) is 4.57. The van der Waals surface area contributed by atoms with E-state index >= 15 is 0 Å². The van der Waals surface area contributed by atoms with Gasteiger partial charge in [-0.2, -0.15) is 0 Å². The maximum Gasteiger partial charge on any atom is 0.0789 e. The van der Waals surface area contributed by atoms with Crippen molar-refractivity contribution in [3.63, 3.8) is 0 Å². The second kappa shape index (κ2) is 4.88. The minimum Gasteiger partial charge on any atom is -0.302 e. The normalized spacial score (nSPS) is 22.3. The minimum atomic E-state index is 0.428. The summed E-state index contributed by atoms with van der Waals surface area (Å²) in [5.41, 5.74) is 1.30. The van der Waals surface area contributed by atoms with Gasteiger partial charge in [0.25, 0.3) is 0 Å². The number of nitrogens with one attached hydrogen (secondary N) is 1. The zero-order chi connectivity index (χ0) is 9.97. The molecule has 76 valence electrons. The van der Waals surface area contributed by atoms with Crippen LogP contribution in [-0.4, -0.2) is 12.3 Å². The van der Waals surface area contributed by atoms with Gasteiger partial charge in [-0.1, -0.05) is 17.7 Å². The van der Waals surface area contributed by atoms with Gasteiger partial charge in [0.2, 0.25) is 0 Å². The van der Waals surface area contributed by atoms with Crippen molar-refractivity contribution in [2.45, 2.75) is 11.8 Å². The van der Waals surface area contributed by atoms with Crippen molar-refractivity contribution in [3.05, 3.63) is 33.3 Å². The van der Waals surface area contributed by atoms with Crippen LogP contribution < -0.4 is 5.32 Å². The lowest BCUT2D eigenvalue weighted by Gasteiger charge is -2.23. The molecule has 14 heavy (non-hydrogen) atoms. The first kappa shape index (κ1) is 10.8. The number of benzene rings is 1. The van der Waals surface area contributed by atoms with E-state index in [1.165, 1.54) is 17.7 Å². The van der Waals surface area contributed by atoms with E-state index in [1.54, 1.807) is 0 Å². The molecule has 1 aliphatic rings. The summed E-state index contributed by atoms with van der Waals surface area (Å²) in [5, 5.41) is 4.68. The molecule has 1 aliphatic heterocycles. The van der Waals surface area contributed by atoms with Crippen molar-refractivity contribution in [3.8, 4) is 0 Å².